The molecule has 17 heavy (non-hydrogen) atoms. The summed E-state index contributed by atoms with van der Waals surface area (Å²) in [5, 5.41) is 0. The van der Waals surface area contributed by atoms with Crippen LogP contribution in [-0.2, 0) is 0 Å². The first-order valence-electron chi connectivity index (χ1n) is 5.50. The van der Waals surface area contributed by atoms with E-state index in [-0.39, 0.29) is 17.3 Å². The van der Waals surface area contributed by atoms with Gasteiger partial charge >= 0.3 is 0 Å². The third kappa shape index (κ3) is 4.89. The highest BCUT2D eigenvalue weighted by molar-refractivity contribution is 9.10. The molecule has 0 fully saturated rings. The van der Waals surface area contributed by atoms with Crippen LogP contribution in [0.4, 0.5) is 4.39 Å². The lowest BCUT2D eigenvalue weighted by Gasteiger charge is -2.12. The molecule has 0 aromatic heterocycles. The minimum Gasteiger partial charge on any atom is -0.323 e. The highest BCUT2D eigenvalue weighted by atomic mass is 79.9. The van der Waals surface area contributed by atoms with Crippen molar-refractivity contribution in [2.75, 3.05) is 0 Å². The van der Waals surface area contributed by atoms with Crippen LogP contribution in [0.25, 0.3) is 0 Å². The van der Waals surface area contributed by atoms with Crippen LogP contribution in [0, 0.1) is 23.1 Å². The lowest BCUT2D eigenvalue weighted by Crippen LogP contribution is -2.10. The molecule has 0 saturated carbocycles. The second kappa shape index (κ2) is 5.66. The lowest BCUT2D eigenvalue weighted by atomic mass is 9.97. The van der Waals surface area contributed by atoms with Gasteiger partial charge in [0, 0.05) is 22.4 Å². The van der Waals surface area contributed by atoms with Crippen molar-refractivity contribution in [3.63, 3.8) is 0 Å². The Morgan fingerprint density at radius 2 is 2.06 bits per heavy atom. The van der Waals surface area contributed by atoms with E-state index in [0.29, 0.717) is 10.9 Å². The van der Waals surface area contributed by atoms with Crippen molar-refractivity contribution < 1.29 is 4.39 Å². The van der Waals surface area contributed by atoms with E-state index in [0.717, 1.165) is 5.56 Å². The molecule has 1 aromatic rings. The Morgan fingerprint density at radius 3 is 2.59 bits per heavy atom. The molecule has 1 aromatic carbocycles. The van der Waals surface area contributed by atoms with Crippen molar-refractivity contribution in [1.29, 1.82) is 0 Å². The third-order valence-electron chi connectivity index (χ3n) is 2.15. The van der Waals surface area contributed by atoms with Gasteiger partial charge in [-0.1, -0.05) is 27.9 Å². The molecule has 0 aliphatic carbocycles. The summed E-state index contributed by atoms with van der Waals surface area (Å²) < 4.78 is 13.6. The molecule has 3 heteroatoms. The molecule has 1 atom stereocenters. The van der Waals surface area contributed by atoms with Gasteiger partial charge in [0.2, 0.25) is 0 Å². The van der Waals surface area contributed by atoms with E-state index in [9.17, 15) is 4.39 Å². The van der Waals surface area contributed by atoms with Gasteiger partial charge in [-0.3, -0.25) is 0 Å². The maximum Gasteiger partial charge on any atom is 0.124 e. The average Bonchev–Trinajstić information content (AvgIpc) is 2.15. The van der Waals surface area contributed by atoms with Crippen molar-refractivity contribution in [3.05, 3.63) is 34.1 Å². The second-order valence-corrected chi connectivity index (χ2v) is 5.88. The van der Waals surface area contributed by atoms with Gasteiger partial charge in [-0.25, -0.2) is 4.39 Å². The second-order valence-electron chi connectivity index (χ2n) is 5.03. The fraction of sp³-hybridized carbons (Fsp3) is 0.429. The number of hydrogen-bond donors (Lipinski definition) is 1. The Kier molecular flexibility index (Phi) is 4.73. The Balaban J connectivity index is 2.76. The van der Waals surface area contributed by atoms with Gasteiger partial charge < -0.3 is 5.73 Å². The highest BCUT2D eigenvalue weighted by Crippen LogP contribution is 2.24. The molecule has 1 unspecified atom stereocenters. The zero-order valence-electron chi connectivity index (χ0n) is 10.3. The highest BCUT2D eigenvalue weighted by Gasteiger charge is 2.10. The van der Waals surface area contributed by atoms with E-state index in [4.69, 9.17) is 5.73 Å². The Bertz CT molecular complexity index is 452. The molecule has 1 nitrogen and oxygen atoms in total. The van der Waals surface area contributed by atoms with Crippen LogP contribution in [-0.4, -0.2) is 0 Å². The van der Waals surface area contributed by atoms with E-state index >= 15 is 0 Å². The molecule has 1 rings (SSSR count). The smallest absolute Gasteiger partial charge is 0.124 e. The zero-order chi connectivity index (χ0) is 13.1. The molecule has 0 amide bonds. The number of nitrogens with two attached hydrogens (primary N) is 1. The number of hydrogen-bond acceptors (Lipinski definition) is 1. The first-order valence-corrected chi connectivity index (χ1v) is 6.29. The topological polar surface area (TPSA) is 26.0 Å². The maximum atomic E-state index is 12.9. The third-order valence-corrected chi connectivity index (χ3v) is 2.83. The molecule has 0 aliphatic rings. The van der Waals surface area contributed by atoms with Crippen LogP contribution in [0.2, 0.25) is 0 Å². The Hall–Kier alpha value is -0.850. The van der Waals surface area contributed by atoms with Crippen molar-refractivity contribution in [1.82, 2.24) is 0 Å². The van der Waals surface area contributed by atoms with Gasteiger partial charge in [-0.2, -0.15) is 0 Å². The fourth-order valence-corrected chi connectivity index (χ4v) is 1.98. The van der Waals surface area contributed by atoms with Crippen molar-refractivity contribution in [3.8, 4) is 11.8 Å². The Labute approximate surface area is 111 Å². The largest absolute Gasteiger partial charge is 0.323 e. The summed E-state index contributed by atoms with van der Waals surface area (Å²) in [6.07, 6.45) is 0.571. The van der Waals surface area contributed by atoms with Crippen molar-refractivity contribution >= 4 is 15.9 Å². The van der Waals surface area contributed by atoms with E-state index < -0.39 is 0 Å². The van der Waals surface area contributed by atoms with Gasteiger partial charge in [-0.15, -0.1) is 5.92 Å². The van der Waals surface area contributed by atoms with Crippen molar-refractivity contribution in [2.45, 2.75) is 33.2 Å². The normalized spacial score (nSPS) is 12.8. The van der Waals surface area contributed by atoms with Crippen molar-refractivity contribution in [2.24, 2.45) is 11.1 Å². The summed E-state index contributed by atoms with van der Waals surface area (Å²) in [4.78, 5) is 0. The molecule has 0 radical (unpaired) electrons. The minimum atomic E-state index is -0.270. The maximum absolute atomic E-state index is 12.9. The number of rotatable bonds is 2. The molecule has 2 N–H and O–H groups in total. The van der Waals surface area contributed by atoms with Gasteiger partial charge in [0.25, 0.3) is 0 Å². The number of halogens is 2. The van der Waals surface area contributed by atoms with E-state index in [1.165, 1.54) is 12.1 Å². The van der Waals surface area contributed by atoms with Crippen LogP contribution in [0.1, 0.15) is 38.8 Å². The SMILES string of the molecule is CC(C)(C)C#CCC(N)c1ccc(F)cc1Br. The monoisotopic (exact) mass is 297 g/mol. The first-order chi connectivity index (χ1) is 7.79. The molecular formula is C14H17BrFN. The molecule has 0 aliphatic heterocycles. The molecule has 0 saturated heterocycles. The summed E-state index contributed by atoms with van der Waals surface area (Å²) in [7, 11) is 0. The Morgan fingerprint density at radius 1 is 1.41 bits per heavy atom. The molecule has 0 bridgehead atoms. The summed E-state index contributed by atoms with van der Waals surface area (Å²) in [6.45, 7) is 6.16. The van der Waals surface area contributed by atoms with E-state index in [1.807, 2.05) is 0 Å². The molecule has 0 spiro atoms. The molecule has 0 heterocycles. The predicted molar refractivity (Wildman–Crippen MR) is 72.9 cm³/mol. The molecular weight excluding hydrogens is 281 g/mol. The first kappa shape index (κ1) is 14.2. The fourth-order valence-electron chi connectivity index (χ4n) is 1.34. The van der Waals surface area contributed by atoms with Gasteiger partial charge in [0.1, 0.15) is 5.82 Å². The number of benzene rings is 1. The average molecular weight is 298 g/mol. The van der Waals surface area contributed by atoms with Gasteiger partial charge in [0.05, 0.1) is 0 Å². The van der Waals surface area contributed by atoms with Crippen LogP contribution >= 0.6 is 15.9 Å². The van der Waals surface area contributed by atoms with Gasteiger partial charge in [0.15, 0.2) is 0 Å². The van der Waals surface area contributed by atoms with Crippen LogP contribution in [0.5, 0.6) is 0 Å². The van der Waals surface area contributed by atoms with Crippen LogP contribution in [0.15, 0.2) is 22.7 Å². The van der Waals surface area contributed by atoms with Crippen LogP contribution < -0.4 is 5.73 Å². The van der Waals surface area contributed by atoms with E-state index in [2.05, 4.69) is 48.5 Å². The van der Waals surface area contributed by atoms with Crippen LogP contribution in [0.3, 0.4) is 0 Å². The van der Waals surface area contributed by atoms with Gasteiger partial charge in [-0.05, 0) is 38.5 Å². The zero-order valence-corrected chi connectivity index (χ0v) is 11.9. The summed E-state index contributed by atoms with van der Waals surface area (Å²) in [5.74, 6) is 5.94. The summed E-state index contributed by atoms with van der Waals surface area (Å²) in [6, 6.07) is 4.34. The molecule has 92 valence electrons. The standard InChI is InChI=1S/C14H17BrFN/c1-14(2,3)8-4-5-13(17)11-7-6-10(16)9-12(11)15/h6-7,9,13H,5,17H2,1-3H3. The summed E-state index contributed by atoms with van der Waals surface area (Å²) >= 11 is 3.31. The quantitative estimate of drug-likeness (QED) is 0.820. The predicted octanol–water partition coefficient (Wildman–Crippen LogP) is 4.03. The lowest BCUT2D eigenvalue weighted by molar-refractivity contribution is 0.569. The van der Waals surface area contributed by atoms with E-state index in [1.54, 1.807) is 6.07 Å². The minimum absolute atomic E-state index is 0.0141. The summed E-state index contributed by atoms with van der Waals surface area (Å²) in [5.41, 5.74) is 6.89.